The second-order valence-electron chi connectivity index (χ2n) is 7.56. The van der Waals surface area contributed by atoms with Crippen molar-refractivity contribution < 1.29 is 23.7 Å². The van der Waals surface area contributed by atoms with Crippen molar-refractivity contribution in [3.8, 4) is 29.1 Å². The quantitative estimate of drug-likeness (QED) is 0.244. The van der Waals surface area contributed by atoms with E-state index in [0.717, 1.165) is 11.1 Å². The predicted octanol–water partition coefficient (Wildman–Crippen LogP) is 5.67. The molecule has 0 saturated carbocycles. The van der Waals surface area contributed by atoms with E-state index in [4.69, 9.17) is 18.9 Å². The van der Waals surface area contributed by atoms with E-state index >= 15 is 0 Å². The van der Waals surface area contributed by atoms with E-state index in [9.17, 15) is 10.1 Å². The summed E-state index contributed by atoms with van der Waals surface area (Å²) in [7, 11) is 3.11. The average molecular weight is 551 g/mol. The number of nitrogens with one attached hydrogen (secondary N) is 1. The fourth-order valence-electron chi connectivity index (χ4n) is 3.35. The lowest BCUT2D eigenvalue weighted by Crippen LogP contribution is -2.24. The Kier molecular flexibility index (Phi) is 9.78. The Balaban J connectivity index is 1.78. The summed E-state index contributed by atoms with van der Waals surface area (Å²) >= 11 is 3.52. The summed E-state index contributed by atoms with van der Waals surface area (Å²) in [6.45, 7) is 2.87. The van der Waals surface area contributed by atoms with Crippen molar-refractivity contribution in [1.82, 2.24) is 5.32 Å². The lowest BCUT2D eigenvalue weighted by molar-refractivity contribution is -0.117. The molecule has 0 saturated heterocycles. The number of hydrogen-bond acceptors (Lipinski definition) is 6. The van der Waals surface area contributed by atoms with Crippen molar-refractivity contribution in [2.24, 2.45) is 0 Å². The third-order valence-electron chi connectivity index (χ3n) is 5.20. The highest BCUT2D eigenvalue weighted by Crippen LogP contribution is 2.35. The molecule has 0 radical (unpaired) electrons. The summed E-state index contributed by atoms with van der Waals surface area (Å²) in [4.78, 5) is 12.8. The van der Waals surface area contributed by atoms with E-state index in [1.165, 1.54) is 6.08 Å². The second-order valence-corrected chi connectivity index (χ2v) is 8.41. The molecule has 0 aliphatic rings. The predicted molar refractivity (Wildman–Crippen MR) is 141 cm³/mol. The van der Waals surface area contributed by atoms with Gasteiger partial charge in [-0.2, -0.15) is 5.26 Å². The first-order valence-electron chi connectivity index (χ1n) is 11.2. The van der Waals surface area contributed by atoms with Gasteiger partial charge in [0, 0.05) is 22.6 Å². The summed E-state index contributed by atoms with van der Waals surface area (Å²) in [6, 6.07) is 20.6. The van der Waals surface area contributed by atoms with E-state index < -0.39 is 5.91 Å². The van der Waals surface area contributed by atoms with E-state index in [1.807, 2.05) is 43.3 Å². The smallest absolute Gasteiger partial charge is 0.262 e. The van der Waals surface area contributed by atoms with Crippen LogP contribution in [0.25, 0.3) is 6.08 Å². The van der Waals surface area contributed by atoms with Gasteiger partial charge in [0.15, 0.2) is 11.5 Å². The van der Waals surface area contributed by atoms with Crippen LogP contribution in [0.2, 0.25) is 0 Å². The Bertz CT molecular complexity index is 1270. The Morgan fingerprint density at radius 1 is 1.00 bits per heavy atom. The van der Waals surface area contributed by atoms with Crippen LogP contribution >= 0.6 is 15.9 Å². The van der Waals surface area contributed by atoms with Crippen LogP contribution < -0.4 is 24.3 Å². The number of nitrogens with zero attached hydrogens (tertiary/aromatic N) is 1. The van der Waals surface area contributed by atoms with Crippen LogP contribution in [-0.2, 0) is 17.9 Å². The molecule has 36 heavy (non-hydrogen) atoms. The van der Waals surface area contributed by atoms with Crippen LogP contribution in [0.1, 0.15) is 23.6 Å². The molecule has 3 aromatic carbocycles. The third kappa shape index (κ3) is 7.03. The van der Waals surface area contributed by atoms with Gasteiger partial charge in [-0.1, -0.05) is 46.3 Å². The highest BCUT2D eigenvalue weighted by Gasteiger charge is 2.15. The molecule has 186 valence electrons. The van der Waals surface area contributed by atoms with Gasteiger partial charge in [0.05, 0.1) is 20.8 Å². The molecule has 0 aliphatic heterocycles. The molecule has 0 spiro atoms. The zero-order valence-corrected chi connectivity index (χ0v) is 21.9. The van der Waals surface area contributed by atoms with E-state index in [2.05, 4.69) is 21.2 Å². The zero-order valence-electron chi connectivity index (χ0n) is 20.3. The van der Waals surface area contributed by atoms with E-state index in [1.54, 1.807) is 44.6 Å². The Morgan fingerprint density at radius 2 is 1.75 bits per heavy atom. The van der Waals surface area contributed by atoms with Crippen molar-refractivity contribution >= 4 is 27.9 Å². The number of halogens is 1. The molecule has 0 fully saturated rings. The van der Waals surface area contributed by atoms with Crippen LogP contribution in [0.3, 0.4) is 0 Å². The SMILES string of the molecule is CCOc1cc(/C=C(\C#N)C(=O)NCc2ccc(OC)cc2OC)c(Br)cc1OCc1ccccc1. The number of benzene rings is 3. The fourth-order valence-corrected chi connectivity index (χ4v) is 3.79. The molecule has 0 heterocycles. The first kappa shape index (κ1) is 26.6. The number of methoxy groups -OCH3 is 2. The van der Waals surface area contributed by atoms with Crippen LogP contribution in [-0.4, -0.2) is 26.7 Å². The number of hydrogen-bond donors (Lipinski definition) is 1. The minimum absolute atomic E-state index is 0.0522. The first-order valence-corrected chi connectivity index (χ1v) is 12.0. The number of amides is 1. The lowest BCUT2D eigenvalue weighted by Gasteiger charge is -2.14. The van der Waals surface area contributed by atoms with Crippen molar-refractivity contribution in [2.45, 2.75) is 20.1 Å². The molecule has 0 aliphatic carbocycles. The molecule has 0 unspecified atom stereocenters. The molecular weight excluding hydrogens is 524 g/mol. The molecule has 3 aromatic rings. The second kappa shape index (κ2) is 13.2. The summed E-state index contributed by atoms with van der Waals surface area (Å²) in [5, 5.41) is 12.4. The number of nitriles is 1. The number of ether oxygens (including phenoxy) is 4. The maximum absolute atomic E-state index is 12.8. The number of carbonyl (C=O) groups excluding carboxylic acids is 1. The minimum atomic E-state index is -0.510. The fraction of sp³-hybridized carbons (Fsp3) is 0.214. The molecule has 0 aromatic heterocycles. The molecule has 1 N–H and O–H groups in total. The van der Waals surface area contributed by atoms with Crippen molar-refractivity contribution in [2.75, 3.05) is 20.8 Å². The summed E-state index contributed by atoms with van der Waals surface area (Å²) in [6.07, 6.45) is 1.51. The molecule has 0 bridgehead atoms. The molecule has 3 rings (SSSR count). The average Bonchev–Trinajstić information content (AvgIpc) is 2.91. The largest absolute Gasteiger partial charge is 0.497 e. The van der Waals surface area contributed by atoms with Gasteiger partial charge in [-0.25, -0.2) is 0 Å². The van der Waals surface area contributed by atoms with Crippen LogP contribution in [0.15, 0.2) is 70.7 Å². The lowest BCUT2D eigenvalue weighted by atomic mass is 10.1. The van der Waals surface area contributed by atoms with Gasteiger partial charge in [0.25, 0.3) is 5.91 Å². The number of rotatable bonds is 11. The minimum Gasteiger partial charge on any atom is -0.497 e. The van der Waals surface area contributed by atoms with Gasteiger partial charge in [-0.05, 0) is 48.4 Å². The highest BCUT2D eigenvalue weighted by molar-refractivity contribution is 9.10. The topological polar surface area (TPSA) is 89.8 Å². The molecule has 0 atom stereocenters. The van der Waals surface area contributed by atoms with E-state index in [0.29, 0.717) is 46.2 Å². The Morgan fingerprint density at radius 3 is 2.42 bits per heavy atom. The van der Waals surface area contributed by atoms with Gasteiger partial charge in [-0.3, -0.25) is 4.79 Å². The summed E-state index contributed by atoms with van der Waals surface area (Å²) < 4.78 is 23.0. The molecule has 7 nitrogen and oxygen atoms in total. The van der Waals surface area contributed by atoms with Gasteiger partial charge in [-0.15, -0.1) is 0 Å². The molecule has 8 heteroatoms. The Hall–Kier alpha value is -3.96. The van der Waals surface area contributed by atoms with Crippen molar-refractivity contribution in [1.29, 1.82) is 5.26 Å². The monoisotopic (exact) mass is 550 g/mol. The van der Waals surface area contributed by atoms with Crippen molar-refractivity contribution in [3.63, 3.8) is 0 Å². The first-order chi connectivity index (χ1) is 17.5. The number of carbonyl (C=O) groups is 1. The van der Waals surface area contributed by atoms with Crippen LogP contribution in [0.5, 0.6) is 23.0 Å². The highest BCUT2D eigenvalue weighted by atomic mass is 79.9. The van der Waals surface area contributed by atoms with Gasteiger partial charge in [0.2, 0.25) is 0 Å². The van der Waals surface area contributed by atoms with Crippen LogP contribution in [0, 0.1) is 11.3 Å². The van der Waals surface area contributed by atoms with Crippen LogP contribution in [0.4, 0.5) is 0 Å². The van der Waals surface area contributed by atoms with E-state index in [-0.39, 0.29) is 12.1 Å². The Labute approximate surface area is 219 Å². The maximum Gasteiger partial charge on any atom is 0.262 e. The normalized spacial score (nSPS) is 10.8. The van der Waals surface area contributed by atoms with Crippen molar-refractivity contribution in [3.05, 3.63) is 87.4 Å². The van der Waals surface area contributed by atoms with Gasteiger partial charge in [0.1, 0.15) is 29.7 Å². The van der Waals surface area contributed by atoms with Gasteiger partial charge < -0.3 is 24.3 Å². The summed E-state index contributed by atoms with van der Waals surface area (Å²) in [5.74, 6) is 1.78. The third-order valence-corrected chi connectivity index (χ3v) is 5.89. The molecule has 1 amide bonds. The summed E-state index contributed by atoms with van der Waals surface area (Å²) in [5.41, 5.74) is 2.34. The molecular formula is C28H27BrN2O5. The standard InChI is InChI=1S/C28H27BrN2O5/c1-4-35-26-13-21(24(29)15-27(26)36-18-19-8-6-5-7-9-19)12-22(16-30)28(32)31-17-20-10-11-23(33-2)14-25(20)34-3/h5-15H,4,17-18H2,1-3H3,(H,31,32)/b22-12+. The maximum atomic E-state index is 12.8. The zero-order chi connectivity index (χ0) is 25.9. The van der Waals surface area contributed by atoms with Gasteiger partial charge >= 0.3 is 0 Å².